The first-order valence-electron chi connectivity index (χ1n) is 5.79. The van der Waals surface area contributed by atoms with E-state index in [-0.39, 0.29) is 18.4 Å². The molecule has 6 heteroatoms. The third kappa shape index (κ3) is 3.49. The molecule has 0 aliphatic rings. The van der Waals surface area contributed by atoms with Crippen molar-refractivity contribution in [2.75, 3.05) is 7.05 Å². The molecule has 1 aromatic carbocycles. The van der Waals surface area contributed by atoms with Crippen LogP contribution in [0.2, 0.25) is 0 Å². The summed E-state index contributed by atoms with van der Waals surface area (Å²) in [6, 6.07) is 2.59. The van der Waals surface area contributed by atoms with Crippen LogP contribution in [-0.4, -0.2) is 35.0 Å². The van der Waals surface area contributed by atoms with E-state index in [4.69, 9.17) is 5.11 Å². The maximum absolute atomic E-state index is 13.4. The van der Waals surface area contributed by atoms with Crippen LogP contribution in [0.5, 0.6) is 0 Å². The monoisotopic (exact) mass is 271 g/mol. The minimum absolute atomic E-state index is 0.0860. The molecule has 1 atom stereocenters. The van der Waals surface area contributed by atoms with E-state index in [9.17, 15) is 18.4 Å². The lowest BCUT2D eigenvalue weighted by molar-refractivity contribution is -0.148. The molecule has 19 heavy (non-hydrogen) atoms. The molecule has 0 saturated heterocycles. The summed E-state index contributed by atoms with van der Waals surface area (Å²) in [5, 5.41) is 8.93. The van der Waals surface area contributed by atoms with Crippen LogP contribution in [0.3, 0.4) is 0 Å². The molecule has 0 radical (unpaired) electrons. The molecule has 1 rings (SSSR count). The van der Waals surface area contributed by atoms with Crippen molar-refractivity contribution in [3.05, 3.63) is 35.4 Å². The van der Waals surface area contributed by atoms with E-state index in [1.807, 2.05) is 0 Å². The van der Waals surface area contributed by atoms with E-state index in [1.54, 1.807) is 6.92 Å². The van der Waals surface area contributed by atoms with Gasteiger partial charge >= 0.3 is 5.97 Å². The van der Waals surface area contributed by atoms with E-state index >= 15 is 0 Å². The number of hydrogen-bond acceptors (Lipinski definition) is 2. The average Bonchev–Trinajstić information content (AvgIpc) is 2.35. The predicted molar refractivity (Wildman–Crippen MR) is 64.5 cm³/mol. The third-order valence-corrected chi connectivity index (χ3v) is 2.91. The Balaban J connectivity index is 2.85. The van der Waals surface area contributed by atoms with Gasteiger partial charge in [-0.1, -0.05) is 19.1 Å². The Morgan fingerprint density at radius 1 is 1.37 bits per heavy atom. The quantitative estimate of drug-likeness (QED) is 0.888. The van der Waals surface area contributed by atoms with Crippen LogP contribution in [0.4, 0.5) is 8.78 Å². The predicted octanol–water partition coefficient (Wildman–Crippen LogP) is 1.83. The van der Waals surface area contributed by atoms with Crippen LogP contribution in [0.1, 0.15) is 18.9 Å². The molecule has 0 bridgehead atoms. The Hall–Kier alpha value is -1.98. The van der Waals surface area contributed by atoms with Crippen molar-refractivity contribution in [3.63, 3.8) is 0 Å². The number of nitrogens with zero attached hydrogens (tertiary/aromatic N) is 1. The normalized spacial score (nSPS) is 12.0. The standard InChI is InChI=1S/C13H15F2NO3/c1-3-10(13(18)19)16(2)11(17)7-8-5-4-6-9(14)12(8)15/h4-6,10H,3,7H2,1-2H3,(H,18,19). The van der Waals surface area contributed by atoms with Crippen LogP contribution < -0.4 is 0 Å². The van der Waals surface area contributed by atoms with E-state index in [0.717, 1.165) is 11.0 Å². The molecule has 0 aliphatic heterocycles. The summed E-state index contributed by atoms with van der Waals surface area (Å²) in [6.07, 6.45) is -0.132. The molecule has 1 amide bonds. The zero-order valence-electron chi connectivity index (χ0n) is 10.7. The molecule has 0 aliphatic carbocycles. The maximum atomic E-state index is 13.4. The fourth-order valence-electron chi connectivity index (χ4n) is 1.76. The van der Waals surface area contributed by atoms with Gasteiger partial charge in [-0.2, -0.15) is 0 Å². The van der Waals surface area contributed by atoms with Gasteiger partial charge in [0.1, 0.15) is 6.04 Å². The van der Waals surface area contributed by atoms with Gasteiger partial charge in [-0.05, 0) is 12.5 Å². The number of likely N-dealkylation sites (N-methyl/N-ethyl adjacent to an activating group) is 1. The minimum atomic E-state index is -1.13. The van der Waals surface area contributed by atoms with Gasteiger partial charge in [0.05, 0.1) is 6.42 Å². The Kier molecular flexibility index (Phi) is 4.97. The lowest BCUT2D eigenvalue weighted by atomic mass is 10.1. The number of halogens is 2. The van der Waals surface area contributed by atoms with Gasteiger partial charge in [0.2, 0.25) is 5.91 Å². The lowest BCUT2D eigenvalue weighted by Crippen LogP contribution is -2.42. The fraction of sp³-hybridized carbons (Fsp3) is 0.385. The van der Waals surface area contributed by atoms with Gasteiger partial charge in [-0.15, -0.1) is 0 Å². The van der Waals surface area contributed by atoms with Gasteiger partial charge in [0.15, 0.2) is 11.6 Å². The lowest BCUT2D eigenvalue weighted by Gasteiger charge is -2.23. The smallest absolute Gasteiger partial charge is 0.326 e. The average molecular weight is 271 g/mol. The molecule has 1 unspecified atom stereocenters. The second kappa shape index (κ2) is 6.26. The molecule has 0 saturated carbocycles. The highest BCUT2D eigenvalue weighted by atomic mass is 19.2. The number of amides is 1. The van der Waals surface area contributed by atoms with E-state index in [0.29, 0.717) is 0 Å². The summed E-state index contributed by atoms with van der Waals surface area (Å²) in [6.45, 7) is 1.63. The molecule has 0 fully saturated rings. The summed E-state index contributed by atoms with van der Waals surface area (Å²) in [4.78, 5) is 23.8. The summed E-state index contributed by atoms with van der Waals surface area (Å²) in [7, 11) is 1.34. The van der Waals surface area contributed by atoms with E-state index < -0.39 is 29.6 Å². The van der Waals surface area contributed by atoms with Gasteiger partial charge in [0.25, 0.3) is 0 Å². The van der Waals surface area contributed by atoms with Gasteiger partial charge < -0.3 is 10.0 Å². The molecule has 0 spiro atoms. The van der Waals surface area contributed by atoms with Gasteiger partial charge in [-0.25, -0.2) is 13.6 Å². The summed E-state index contributed by atoms with van der Waals surface area (Å²) >= 11 is 0. The first-order chi connectivity index (χ1) is 8.88. The molecule has 0 heterocycles. The number of aliphatic carboxylic acids is 1. The Morgan fingerprint density at radius 2 is 2.00 bits per heavy atom. The highest BCUT2D eigenvalue weighted by Gasteiger charge is 2.25. The number of carboxylic acids is 1. The third-order valence-electron chi connectivity index (χ3n) is 2.91. The number of carbonyl (C=O) groups is 2. The Labute approximate surface area is 109 Å². The first-order valence-corrected chi connectivity index (χ1v) is 5.79. The first kappa shape index (κ1) is 15.1. The van der Waals surface area contributed by atoms with Crippen molar-refractivity contribution in [2.24, 2.45) is 0 Å². The Morgan fingerprint density at radius 3 is 2.53 bits per heavy atom. The second-order valence-corrected chi connectivity index (χ2v) is 4.16. The molecule has 0 aromatic heterocycles. The molecule has 1 N–H and O–H groups in total. The highest BCUT2D eigenvalue weighted by molar-refractivity contribution is 5.84. The van der Waals surface area contributed by atoms with E-state index in [1.165, 1.54) is 19.2 Å². The van der Waals surface area contributed by atoms with Crippen LogP contribution in [0.25, 0.3) is 0 Å². The van der Waals surface area contributed by atoms with E-state index in [2.05, 4.69) is 0 Å². The summed E-state index contributed by atoms with van der Waals surface area (Å²) in [5.41, 5.74) is -0.0860. The largest absolute Gasteiger partial charge is 0.480 e. The summed E-state index contributed by atoms with van der Waals surface area (Å²) in [5.74, 6) is -3.80. The molecule has 1 aromatic rings. The number of hydrogen-bond donors (Lipinski definition) is 1. The van der Waals surface area contributed by atoms with Crippen LogP contribution in [0, 0.1) is 11.6 Å². The van der Waals surface area contributed by atoms with Crippen molar-refractivity contribution in [1.82, 2.24) is 4.90 Å². The zero-order valence-corrected chi connectivity index (χ0v) is 10.7. The number of carboxylic acid groups (broad SMARTS) is 1. The van der Waals surface area contributed by atoms with Crippen LogP contribution in [-0.2, 0) is 16.0 Å². The van der Waals surface area contributed by atoms with Gasteiger partial charge in [0, 0.05) is 12.6 Å². The number of carbonyl (C=O) groups excluding carboxylic acids is 1. The Bertz CT molecular complexity index is 491. The van der Waals surface area contributed by atoms with Crippen molar-refractivity contribution in [1.29, 1.82) is 0 Å². The van der Waals surface area contributed by atoms with Crippen molar-refractivity contribution in [2.45, 2.75) is 25.8 Å². The summed E-state index contributed by atoms with van der Waals surface area (Å²) < 4.78 is 26.4. The fourth-order valence-corrected chi connectivity index (χ4v) is 1.76. The van der Waals surface area contributed by atoms with Crippen molar-refractivity contribution < 1.29 is 23.5 Å². The molecular weight excluding hydrogens is 256 g/mol. The van der Waals surface area contributed by atoms with Crippen LogP contribution in [0.15, 0.2) is 18.2 Å². The van der Waals surface area contributed by atoms with Crippen molar-refractivity contribution in [3.8, 4) is 0 Å². The molecule has 104 valence electrons. The highest BCUT2D eigenvalue weighted by Crippen LogP contribution is 2.14. The van der Waals surface area contributed by atoms with Crippen molar-refractivity contribution >= 4 is 11.9 Å². The molecular formula is C13H15F2NO3. The van der Waals surface area contributed by atoms with Crippen LogP contribution >= 0.6 is 0 Å². The number of benzene rings is 1. The van der Waals surface area contributed by atoms with Gasteiger partial charge in [-0.3, -0.25) is 4.79 Å². The second-order valence-electron chi connectivity index (χ2n) is 4.16. The minimum Gasteiger partial charge on any atom is -0.480 e. The topological polar surface area (TPSA) is 57.6 Å². The zero-order chi connectivity index (χ0) is 14.6. The molecule has 4 nitrogen and oxygen atoms in total. The maximum Gasteiger partial charge on any atom is 0.326 e. The number of rotatable bonds is 5. The SMILES string of the molecule is CCC(C(=O)O)N(C)C(=O)Cc1cccc(F)c1F.